The molecular formula is C10H11ClO2. The van der Waals surface area contributed by atoms with Crippen molar-refractivity contribution in [3.8, 4) is 5.75 Å². The van der Waals surface area contributed by atoms with Gasteiger partial charge in [-0.2, -0.15) is 0 Å². The highest BCUT2D eigenvalue weighted by Gasteiger charge is 2.10. The summed E-state index contributed by atoms with van der Waals surface area (Å²) in [6.07, 6.45) is 0.262. The lowest BCUT2D eigenvalue weighted by atomic mass is 10.0. The zero-order valence-electron chi connectivity index (χ0n) is 7.38. The molecule has 1 aromatic rings. The van der Waals surface area contributed by atoms with E-state index in [1.165, 1.54) is 0 Å². The first-order valence-corrected chi connectivity index (χ1v) is 4.58. The van der Waals surface area contributed by atoms with Crippen LogP contribution in [0.3, 0.4) is 0 Å². The van der Waals surface area contributed by atoms with Crippen molar-refractivity contribution in [3.63, 3.8) is 0 Å². The van der Waals surface area contributed by atoms with Crippen LogP contribution in [-0.2, 0) is 0 Å². The van der Waals surface area contributed by atoms with Gasteiger partial charge in [0, 0.05) is 12.3 Å². The molecule has 0 aliphatic carbocycles. The van der Waals surface area contributed by atoms with Crippen LogP contribution < -0.4 is 0 Å². The molecule has 0 aromatic heterocycles. The van der Waals surface area contributed by atoms with Crippen molar-refractivity contribution in [1.82, 2.24) is 0 Å². The highest BCUT2D eigenvalue weighted by molar-refractivity contribution is 6.19. The van der Waals surface area contributed by atoms with Gasteiger partial charge >= 0.3 is 0 Å². The molecule has 3 heteroatoms. The minimum absolute atomic E-state index is 0.0672. The summed E-state index contributed by atoms with van der Waals surface area (Å²) in [7, 11) is 0. The van der Waals surface area contributed by atoms with Crippen LogP contribution >= 0.6 is 11.6 Å². The Morgan fingerprint density at radius 1 is 1.54 bits per heavy atom. The predicted octanol–water partition coefficient (Wildman–Crippen LogP) is 2.51. The van der Waals surface area contributed by atoms with E-state index in [1.54, 1.807) is 25.1 Å². The molecule has 1 aromatic carbocycles. The average Bonchev–Trinajstić information content (AvgIpc) is 2.10. The lowest BCUT2D eigenvalue weighted by Crippen LogP contribution is -2.00. The van der Waals surface area contributed by atoms with Crippen molar-refractivity contribution in [2.24, 2.45) is 0 Å². The monoisotopic (exact) mass is 198 g/mol. The van der Waals surface area contributed by atoms with E-state index in [9.17, 15) is 9.90 Å². The molecular weight excluding hydrogens is 188 g/mol. The Labute approximate surface area is 82.2 Å². The Morgan fingerprint density at radius 3 is 2.85 bits per heavy atom. The minimum Gasteiger partial charge on any atom is -0.507 e. The fraction of sp³-hybridized carbons (Fsp3) is 0.300. The second-order valence-corrected chi connectivity index (χ2v) is 3.21. The number of benzene rings is 1. The van der Waals surface area contributed by atoms with Crippen LogP contribution in [0.15, 0.2) is 18.2 Å². The summed E-state index contributed by atoms with van der Waals surface area (Å²) in [5, 5.41) is 9.53. The van der Waals surface area contributed by atoms with Gasteiger partial charge in [0.25, 0.3) is 0 Å². The third kappa shape index (κ3) is 2.22. The van der Waals surface area contributed by atoms with Crippen molar-refractivity contribution < 1.29 is 9.90 Å². The zero-order valence-corrected chi connectivity index (χ0v) is 8.14. The molecule has 0 bridgehead atoms. The van der Waals surface area contributed by atoms with E-state index >= 15 is 0 Å². The fourth-order valence-corrected chi connectivity index (χ4v) is 1.28. The third-order valence-electron chi connectivity index (χ3n) is 1.86. The van der Waals surface area contributed by atoms with E-state index in [4.69, 9.17) is 11.6 Å². The molecule has 0 spiro atoms. The largest absolute Gasteiger partial charge is 0.507 e. The fourth-order valence-electron chi connectivity index (χ4n) is 1.10. The number of alkyl halides is 1. The van der Waals surface area contributed by atoms with Gasteiger partial charge in [-0.1, -0.05) is 12.1 Å². The van der Waals surface area contributed by atoms with E-state index in [0.29, 0.717) is 11.1 Å². The highest BCUT2D eigenvalue weighted by atomic mass is 35.5. The molecule has 13 heavy (non-hydrogen) atoms. The van der Waals surface area contributed by atoms with Crippen LogP contribution in [0, 0.1) is 6.92 Å². The van der Waals surface area contributed by atoms with E-state index in [2.05, 4.69) is 0 Å². The smallest absolute Gasteiger partial charge is 0.167 e. The predicted molar refractivity (Wildman–Crippen MR) is 52.5 cm³/mol. The summed E-state index contributed by atoms with van der Waals surface area (Å²) in [5.74, 6) is 0.237. The van der Waals surface area contributed by atoms with Gasteiger partial charge in [0.1, 0.15) is 5.75 Å². The number of phenolic OH excluding ortho intramolecular Hbond substituents is 1. The van der Waals surface area contributed by atoms with Crippen LogP contribution in [0.5, 0.6) is 5.75 Å². The Bertz CT molecular complexity index is 321. The molecule has 0 saturated carbocycles. The molecule has 0 radical (unpaired) electrons. The number of phenols is 1. The molecule has 1 N–H and O–H groups in total. The number of halogens is 1. The number of carbonyl (C=O) groups is 1. The van der Waals surface area contributed by atoms with Gasteiger partial charge in [0.15, 0.2) is 5.78 Å². The third-order valence-corrected chi connectivity index (χ3v) is 2.05. The first-order valence-electron chi connectivity index (χ1n) is 4.04. The lowest BCUT2D eigenvalue weighted by Gasteiger charge is -2.04. The van der Waals surface area contributed by atoms with Gasteiger partial charge in [-0.05, 0) is 18.6 Å². The van der Waals surface area contributed by atoms with Crippen molar-refractivity contribution in [2.75, 3.05) is 5.88 Å². The number of aryl methyl sites for hydroxylation is 1. The zero-order chi connectivity index (χ0) is 9.84. The Hall–Kier alpha value is -1.02. The number of carbonyl (C=O) groups excluding carboxylic acids is 1. The Balaban J connectivity index is 3.01. The number of ketones is 1. The van der Waals surface area contributed by atoms with Crippen molar-refractivity contribution in [2.45, 2.75) is 13.3 Å². The molecule has 1 rings (SSSR count). The summed E-state index contributed by atoms with van der Waals surface area (Å²) >= 11 is 5.44. The minimum atomic E-state index is -0.115. The topological polar surface area (TPSA) is 37.3 Å². The normalized spacial score (nSPS) is 10.0. The van der Waals surface area contributed by atoms with Crippen LogP contribution in [0.1, 0.15) is 22.3 Å². The Morgan fingerprint density at radius 2 is 2.23 bits per heavy atom. The van der Waals surface area contributed by atoms with E-state index < -0.39 is 0 Å². The van der Waals surface area contributed by atoms with Gasteiger partial charge in [-0.25, -0.2) is 0 Å². The van der Waals surface area contributed by atoms with E-state index in [1.807, 2.05) is 0 Å². The van der Waals surface area contributed by atoms with Crippen LogP contribution in [-0.4, -0.2) is 16.8 Å². The van der Waals surface area contributed by atoms with Crippen molar-refractivity contribution in [3.05, 3.63) is 29.3 Å². The number of hydrogen-bond acceptors (Lipinski definition) is 2. The quantitative estimate of drug-likeness (QED) is 0.599. The summed E-state index contributed by atoms with van der Waals surface area (Å²) in [5.41, 5.74) is 1.07. The van der Waals surface area contributed by atoms with Crippen molar-refractivity contribution in [1.29, 1.82) is 0 Å². The summed E-state index contributed by atoms with van der Waals surface area (Å²) in [6, 6.07) is 5.11. The van der Waals surface area contributed by atoms with E-state index in [-0.39, 0.29) is 23.8 Å². The Kier molecular flexibility index (Phi) is 3.32. The maximum Gasteiger partial charge on any atom is 0.167 e. The number of rotatable bonds is 3. The van der Waals surface area contributed by atoms with Crippen LogP contribution in [0.4, 0.5) is 0 Å². The lowest BCUT2D eigenvalue weighted by molar-refractivity contribution is 0.0986. The molecule has 0 aliphatic rings. The molecule has 0 fully saturated rings. The molecule has 0 atom stereocenters. The first kappa shape index (κ1) is 10.1. The SMILES string of the molecule is Cc1cccc(C(=O)CCCl)c1O. The average molecular weight is 199 g/mol. The summed E-state index contributed by atoms with van der Waals surface area (Å²) < 4.78 is 0. The van der Waals surface area contributed by atoms with Gasteiger partial charge in [0.2, 0.25) is 0 Å². The van der Waals surface area contributed by atoms with Gasteiger partial charge < -0.3 is 5.11 Å². The maximum absolute atomic E-state index is 11.4. The van der Waals surface area contributed by atoms with Crippen molar-refractivity contribution >= 4 is 17.4 Å². The standard InChI is InChI=1S/C10H11ClO2/c1-7-3-2-4-8(10(7)13)9(12)5-6-11/h2-4,13H,5-6H2,1H3. The highest BCUT2D eigenvalue weighted by Crippen LogP contribution is 2.22. The first-order chi connectivity index (χ1) is 6.16. The van der Waals surface area contributed by atoms with Crippen LogP contribution in [0.2, 0.25) is 0 Å². The van der Waals surface area contributed by atoms with Gasteiger partial charge in [-0.15, -0.1) is 11.6 Å². The molecule has 0 amide bonds. The molecule has 2 nitrogen and oxygen atoms in total. The summed E-state index contributed by atoms with van der Waals surface area (Å²) in [4.78, 5) is 11.4. The molecule has 70 valence electrons. The van der Waals surface area contributed by atoms with E-state index in [0.717, 1.165) is 0 Å². The number of aromatic hydroxyl groups is 1. The van der Waals surface area contributed by atoms with Gasteiger partial charge in [-0.3, -0.25) is 4.79 Å². The number of Topliss-reactive ketones (excluding diaryl/α,β-unsaturated/α-hetero) is 1. The second kappa shape index (κ2) is 4.28. The molecule has 0 unspecified atom stereocenters. The molecule has 0 heterocycles. The second-order valence-electron chi connectivity index (χ2n) is 2.83. The van der Waals surface area contributed by atoms with Gasteiger partial charge in [0.05, 0.1) is 5.56 Å². The van der Waals surface area contributed by atoms with Crippen LogP contribution in [0.25, 0.3) is 0 Å². The number of para-hydroxylation sites is 1. The number of hydrogen-bond donors (Lipinski definition) is 1. The molecule has 0 aliphatic heterocycles. The maximum atomic E-state index is 11.4. The summed E-state index contributed by atoms with van der Waals surface area (Å²) in [6.45, 7) is 1.76. The molecule has 0 saturated heterocycles.